The number of nitrogens with one attached hydrogen (secondary N) is 2. The van der Waals surface area contributed by atoms with Crippen LogP contribution in [0.5, 0.6) is 17.2 Å². The normalized spacial score (nSPS) is 16.8. The molecule has 0 spiro atoms. The fraction of sp³-hybridized carbons (Fsp3) is 0.263. The summed E-state index contributed by atoms with van der Waals surface area (Å²) in [5.74, 6) is 2.16. The molecule has 9 rings (SSSR count). The van der Waals surface area contributed by atoms with E-state index in [1.54, 1.807) is 12.4 Å². The number of rotatable bonds is 8. The van der Waals surface area contributed by atoms with Gasteiger partial charge in [-0.25, -0.2) is 0 Å². The SMILES string of the molecule is CC(=O)Nc1ccc2c(c1)OCc1cc(-c3ccncc3OCC3CC3n3nccc3-c3cc4n(n3)Cc3ccc(NC(C)=O)cc3OC4)nn1C2. The lowest BCUT2D eigenvalue weighted by Crippen LogP contribution is -2.08. The predicted molar refractivity (Wildman–Crippen MR) is 190 cm³/mol. The van der Waals surface area contributed by atoms with Crippen LogP contribution in [-0.2, 0) is 35.9 Å². The van der Waals surface area contributed by atoms with Crippen molar-refractivity contribution < 1.29 is 23.8 Å². The Bertz CT molecular complexity index is 2360. The number of hydrogen-bond donors (Lipinski definition) is 2. The molecule has 3 aliphatic rings. The molecule has 0 bridgehead atoms. The van der Waals surface area contributed by atoms with E-state index in [0.29, 0.717) is 50.0 Å². The van der Waals surface area contributed by atoms with Crippen LogP contribution in [0.4, 0.5) is 11.4 Å². The quantitative estimate of drug-likeness (QED) is 0.212. The number of pyridine rings is 1. The summed E-state index contributed by atoms with van der Waals surface area (Å²) in [6.07, 6.45) is 6.24. The Hall–Kier alpha value is -6.44. The molecule has 6 heterocycles. The van der Waals surface area contributed by atoms with Crippen molar-refractivity contribution >= 4 is 23.2 Å². The molecule has 2 amide bonds. The monoisotopic (exact) mass is 697 g/mol. The van der Waals surface area contributed by atoms with Crippen molar-refractivity contribution in [3.63, 3.8) is 0 Å². The lowest BCUT2D eigenvalue weighted by Gasteiger charge is -2.11. The molecular formula is C38H35N9O5. The van der Waals surface area contributed by atoms with Crippen molar-refractivity contribution in [3.05, 3.63) is 102 Å². The second kappa shape index (κ2) is 12.7. The number of amides is 2. The third-order valence-electron chi connectivity index (χ3n) is 9.54. The summed E-state index contributed by atoms with van der Waals surface area (Å²) in [5.41, 5.74) is 8.72. The van der Waals surface area contributed by atoms with Crippen LogP contribution in [-0.4, -0.2) is 52.7 Å². The van der Waals surface area contributed by atoms with Crippen LogP contribution < -0.4 is 24.8 Å². The summed E-state index contributed by atoms with van der Waals surface area (Å²) in [7, 11) is 0. The minimum absolute atomic E-state index is 0.123. The summed E-state index contributed by atoms with van der Waals surface area (Å²) < 4.78 is 24.6. The zero-order chi connectivity index (χ0) is 35.3. The highest BCUT2D eigenvalue weighted by molar-refractivity contribution is 5.89. The lowest BCUT2D eigenvalue weighted by atomic mass is 10.1. The van der Waals surface area contributed by atoms with Gasteiger partial charge < -0.3 is 24.8 Å². The fourth-order valence-corrected chi connectivity index (χ4v) is 6.90. The molecule has 2 aliphatic heterocycles. The first kappa shape index (κ1) is 31.5. The van der Waals surface area contributed by atoms with Gasteiger partial charge in [-0.2, -0.15) is 15.3 Å². The van der Waals surface area contributed by atoms with Crippen LogP contribution in [0.1, 0.15) is 48.8 Å². The third-order valence-corrected chi connectivity index (χ3v) is 9.54. The summed E-state index contributed by atoms with van der Waals surface area (Å²) in [5, 5.41) is 20.2. The summed E-state index contributed by atoms with van der Waals surface area (Å²) in [6.45, 7) is 5.30. The summed E-state index contributed by atoms with van der Waals surface area (Å²) >= 11 is 0. The highest BCUT2D eigenvalue weighted by Gasteiger charge is 2.41. The molecule has 14 nitrogen and oxygen atoms in total. The highest BCUT2D eigenvalue weighted by Crippen LogP contribution is 2.46. The number of aromatic nitrogens is 7. The van der Waals surface area contributed by atoms with Gasteiger partial charge >= 0.3 is 0 Å². The molecule has 262 valence electrons. The van der Waals surface area contributed by atoms with E-state index in [4.69, 9.17) is 24.4 Å². The number of fused-ring (bicyclic) bond motifs is 4. The van der Waals surface area contributed by atoms with Gasteiger partial charge in [0.2, 0.25) is 11.8 Å². The highest BCUT2D eigenvalue weighted by atomic mass is 16.5. The molecular weight excluding hydrogens is 662 g/mol. The van der Waals surface area contributed by atoms with Gasteiger partial charge in [0, 0.05) is 72.4 Å². The smallest absolute Gasteiger partial charge is 0.221 e. The van der Waals surface area contributed by atoms with E-state index in [1.807, 2.05) is 70.2 Å². The maximum Gasteiger partial charge on any atom is 0.221 e. The topological polar surface area (TPSA) is 152 Å². The Morgan fingerprint density at radius 1 is 0.808 bits per heavy atom. The van der Waals surface area contributed by atoms with Gasteiger partial charge in [-0.3, -0.25) is 28.6 Å². The van der Waals surface area contributed by atoms with Crippen molar-refractivity contribution in [1.29, 1.82) is 0 Å². The Kier molecular flexibility index (Phi) is 7.71. The molecule has 1 saturated carbocycles. The van der Waals surface area contributed by atoms with E-state index >= 15 is 0 Å². The van der Waals surface area contributed by atoms with Gasteiger partial charge in [0.05, 0.1) is 54.7 Å². The molecule has 52 heavy (non-hydrogen) atoms. The van der Waals surface area contributed by atoms with Crippen LogP contribution >= 0.6 is 0 Å². The second-order valence-electron chi connectivity index (χ2n) is 13.3. The number of anilines is 2. The van der Waals surface area contributed by atoms with Crippen LogP contribution in [0.15, 0.2) is 79.3 Å². The van der Waals surface area contributed by atoms with Gasteiger partial charge in [0.25, 0.3) is 0 Å². The van der Waals surface area contributed by atoms with Crippen LogP contribution in [0.25, 0.3) is 22.6 Å². The van der Waals surface area contributed by atoms with Gasteiger partial charge in [0.1, 0.15) is 36.2 Å². The Morgan fingerprint density at radius 2 is 1.44 bits per heavy atom. The predicted octanol–water partition coefficient (Wildman–Crippen LogP) is 5.44. The van der Waals surface area contributed by atoms with Crippen molar-refractivity contribution in [2.24, 2.45) is 5.92 Å². The van der Waals surface area contributed by atoms with Gasteiger partial charge in [0.15, 0.2) is 0 Å². The molecule has 2 unspecified atom stereocenters. The number of hydrogen-bond acceptors (Lipinski definition) is 9. The van der Waals surface area contributed by atoms with Crippen molar-refractivity contribution in [2.75, 3.05) is 17.2 Å². The molecule has 1 fully saturated rings. The van der Waals surface area contributed by atoms with Crippen molar-refractivity contribution in [1.82, 2.24) is 34.3 Å². The van der Waals surface area contributed by atoms with Gasteiger partial charge in [-0.1, -0.05) is 12.1 Å². The van der Waals surface area contributed by atoms with E-state index in [-0.39, 0.29) is 23.8 Å². The number of carbonyl (C=O) groups excluding carboxylic acids is 2. The first-order valence-electron chi connectivity index (χ1n) is 17.2. The van der Waals surface area contributed by atoms with E-state index in [2.05, 4.69) is 31.5 Å². The molecule has 2 atom stereocenters. The standard InChI is InChI=1S/C38H35N9O5/c1-22(48)41-27-5-3-24-17-45-29(20-51-36(24)12-27)14-32(43-45)31-7-9-39-16-38(31)50-19-26-11-35(26)47-34(8-10-40-47)33-15-30-21-52-37-13-28(42-23(2)49)6-4-25(37)18-46(30)44-33/h3-10,12-16,26,35H,11,17-21H2,1-2H3,(H,41,48)(H,42,49). The average molecular weight is 698 g/mol. The van der Waals surface area contributed by atoms with E-state index in [0.717, 1.165) is 63.1 Å². The molecule has 2 N–H and O–H groups in total. The van der Waals surface area contributed by atoms with E-state index in [1.165, 1.54) is 13.8 Å². The molecule has 14 heteroatoms. The maximum atomic E-state index is 11.5. The Labute approximate surface area is 298 Å². The van der Waals surface area contributed by atoms with E-state index in [9.17, 15) is 9.59 Å². The van der Waals surface area contributed by atoms with Crippen molar-refractivity contribution in [2.45, 2.75) is 52.6 Å². The number of ether oxygens (including phenoxy) is 3. The molecule has 4 aromatic heterocycles. The minimum atomic E-state index is -0.127. The minimum Gasteiger partial charge on any atom is -0.491 e. The number of benzene rings is 2. The summed E-state index contributed by atoms with van der Waals surface area (Å²) in [4.78, 5) is 27.4. The lowest BCUT2D eigenvalue weighted by molar-refractivity contribution is -0.115. The number of carbonyl (C=O) groups is 2. The Balaban J connectivity index is 0.870. The number of nitrogens with zero attached hydrogens (tertiary/aromatic N) is 7. The molecule has 6 aromatic rings. The van der Waals surface area contributed by atoms with Gasteiger partial charge in [-0.15, -0.1) is 0 Å². The first-order chi connectivity index (χ1) is 25.3. The Morgan fingerprint density at radius 3 is 2.10 bits per heavy atom. The van der Waals surface area contributed by atoms with Gasteiger partial charge in [-0.05, 0) is 42.8 Å². The zero-order valence-corrected chi connectivity index (χ0v) is 28.6. The van der Waals surface area contributed by atoms with Crippen LogP contribution in [0.3, 0.4) is 0 Å². The molecule has 0 saturated heterocycles. The third kappa shape index (κ3) is 6.12. The summed E-state index contributed by atoms with van der Waals surface area (Å²) in [6, 6.07) is 19.6. The van der Waals surface area contributed by atoms with Crippen molar-refractivity contribution in [3.8, 4) is 39.9 Å². The first-order valence-corrected chi connectivity index (χ1v) is 17.2. The molecule has 2 aromatic carbocycles. The zero-order valence-electron chi connectivity index (χ0n) is 28.6. The van der Waals surface area contributed by atoms with E-state index < -0.39 is 0 Å². The largest absolute Gasteiger partial charge is 0.491 e. The maximum absolute atomic E-state index is 11.5. The molecule has 1 aliphatic carbocycles. The van der Waals surface area contributed by atoms with Crippen LogP contribution in [0.2, 0.25) is 0 Å². The van der Waals surface area contributed by atoms with Crippen LogP contribution in [0, 0.1) is 5.92 Å². The second-order valence-corrected chi connectivity index (χ2v) is 13.3. The average Bonchev–Trinajstić information content (AvgIpc) is 3.42. The molecule has 0 radical (unpaired) electrons. The fourth-order valence-electron chi connectivity index (χ4n) is 6.90.